The van der Waals surface area contributed by atoms with Crippen LogP contribution in [0.3, 0.4) is 0 Å². The Hall–Kier alpha value is -1.17. The third kappa shape index (κ3) is 2.02. The molecular weight excluding hydrogens is 267 g/mol. The number of hydrogen-bond acceptors (Lipinski definition) is 4. The molecule has 2 aromatic rings. The summed E-state index contributed by atoms with van der Waals surface area (Å²) in [6.07, 6.45) is 0. The van der Waals surface area contributed by atoms with Crippen molar-refractivity contribution in [2.75, 3.05) is 5.73 Å². The minimum Gasteiger partial charge on any atom is -0.382 e. The van der Waals surface area contributed by atoms with Gasteiger partial charge in [0.05, 0.1) is 10.0 Å². The van der Waals surface area contributed by atoms with E-state index in [9.17, 15) is 0 Å². The number of halogens is 2. The second-order valence-corrected chi connectivity index (χ2v) is 4.15. The average Bonchev–Trinajstić information content (AvgIpc) is 2.23. The molecule has 7 heteroatoms. The van der Waals surface area contributed by atoms with Gasteiger partial charge in [0, 0.05) is 5.56 Å². The van der Waals surface area contributed by atoms with E-state index in [1.165, 1.54) is 0 Å². The molecule has 16 heavy (non-hydrogen) atoms. The van der Waals surface area contributed by atoms with Crippen molar-refractivity contribution in [1.82, 2.24) is 15.2 Å². The van der Waals surface area contributed by atoms with E-state index in [-0.39, 0.29) is 10.6 Å². The van der Waals surface area contributed by atoms with Gasteiger partial charge in [-0.25, -0.2) is 0 Å². The molecule has 0 radical (unpaired) electrons. The summed E-state index contributed by atoms with van der Waals surface area (Å²) < 4.78 is 0.222. The number of nitrogens with two attached hydrogens (primary N) is 1. The average molecular weight is 273 g/mol. The SMILES string of the molecule is Nc1nc(=S)[nH]nc1-c1cccc(Cl)c1Cl. The van der Waals surface area contributed by atoms with Gasteiger partial charge < -0.3 is 5.73 Å². The van der Waals surface area contributed by atoms with Crippen molar-refractivity contribution in [3.8, 4) is 11.3 Å². The van der Waals surface area contributed by atoms with Gasteiger partial charge in [0.1, 0.15) is 5.69 Å². The third-order valence-corrected chi connectivity index (χ3v) is 2.94. The Morgan fingerprint density at radius 1 is 1.31 bits per heavy atom. The number of nitrogens with one attached hydrogen (secondary N) is 1. The molecule has 0 amide bonds. The quantitative estimate of drug-likeness (QED) is 0.783. The topological polar surface area (TPSA) is 67.6 Å². The standard InChI is InChI=1S/C9H6Cl2N4S/c10-5-3-1-2-4(6(5)11)7-8(12)13-9(16)15-14-7/h1-3H,(H3,12,13,15,16). The Kier molecular flexibility index (Phi) is 3.09. The van der Waals surface area contributed by atoms with E-state index in [2.05, 4.69) is 15.2 Å². The highest BCUT2D eigenvalue weighted by Gasteiger charge is 2.11. The Labute approximate surface area is 106 Å². The molecule has 82 valence electrons. The molecule has 0 fully saturated rings. The van der Waals surface area contributed by atoms with Gasteiger partial charge >= 0.3 is 0 Å². The highest BCUT2D eigenvalue weighted by Crippen LogP contribution is 2.33. The molecule has 4 nitrogen and oxygen atoms in total. The van der Waals surface area contributed by atoms with Crippen LogP contribution in [0.25, 0.3) is 11.3 Å². The number of H-pyrrole nitrogens is 1. The number of aromatic nitrogens is 3. The Morgan fingerprint density at radius 3 is 2.75 bits per heavy atom. The van der Waals surface area contributed by atoms with Crippen LogP contribution >= 0.6 is 35.4 Å². The van der Waals surface area contributed by atoms with Crippen molar-refractivity contribution in [3.05, 3.63) is 33.0 Å². The van der Waals surface area contributed by atoms with E-state index in [1.807, 2.05) is 0 Å². The molecule has 0 unspecified atom stereocenters. The van der Waals surface area contributed by atoms with Crippen molar-refractivity contribution in [3.63, 3.8) is 0 Å². The van der Waals surface area contributed by atoms with Gasteiger partial charge in [0.15, 0.2) is 5.82 Å². The maximum Gasteiger partial charge on any atom is 0.215 e. The first-order valence-corrected chi connectivity index (χ1v) is 5.42. The van der Waals surface area contributed by atoms with Gasteiger partial charge in [0.25, 0.3) is 0 Å². The van der Waals surface area contributed by atoms with E-state index in [0.29, 0.717) is 21.3 Å². The molecule has 1 aromatic heterocycles. The summed E-state index contributed by atoms with van der Waals surface area (Å²) >= 11 is 16.7. The minimum absolute atomic E-state index is 0.216. The summed E-state index contributed by atoms with van der Waals surface area (Å²) in [5, 5.41) is 7.37. The lowest BCUT2D eigenvalue weighted by atomic mass is 10.1. The number of nitrogen functional groups attached to an aromatic ring is 1. The zero-order valence-corrected chi connectivity index (χ0v) is 10.2. The summed E-state index contributed by atoms with van der Waals surface area (Å²) in [5.41, 5.74) is 6.76. The van der Waals surface area contributed by atoms with Crippen LogP contribution in [-0.2, 0) is 0 Å². The fourth-order valence-electron chi connectivity index (χ4n) is 1.23. The smallest absolute Gasteiger partial charge is 0.215 e. The van der Waals surface area contributed by atoms with Crippen LogP contribution in [0.4, 0.5) is 5.82 Å². The molecule has 0 aliphatic carbocycles. The second kappa shape index (κ2) is 4.37. The van der Waals surface area contributed by atoms with Crippen molar-refractivity contribution in [2.24, 2.45) is 0 Å². The lowest BCUT2D eigenvalue weighted by molar-refractivity contribution is 0.963. The largest absolute Gasteiger partial charge is 0.382 e. The van der Waals surface area contributed by atoms with Gasteiger partial charge in [-0.1, -0.05) is 35.3 Å². The second-order valence-electron chi connectivity index (χ2n) is 2.98. The fourth-order valence-corrected chi connectivity index (χ4v) is 1.77. The lowest BCUT2D eigenvalue weighted by Gasteiger charge is -2.06. The summed E-state index contributed by atoms with van der Waals surface area (Å²) in [6.45, 7) is 0. The molecule has 0 saturated carbocycles. The van der Waals surface area contributed by atoms with Crippen LogP contribution in [0.15, 0.2) is 18.2 Å². The van der Waals surface area contributed by atoms with Crippen LogP contribution in [0.1, 0.15) is 0 Å². The Bertz CT molecular complexity index is 596. The summed E-state index contributed by atoms with van der Waals surface area (Å²) in [4.78, 5) is 3.89. The van der Waals surface area contributed by atoms with Crippen LogP contribution in [0.2, 0.25) is 10.0 Å². The van der Waals surface area contributed by atoms with Crippen molar-refractivity contribution in [2.45, 2.75) is 0 Å². The van der Waals surface area contributed by atoms with Crippen molar-refractivity contribution >= 4 is 41.2 Å². The van der Waals surface area contributed by atoms with Gasteiger partial charge in [-0.3, -0.25) is 5.10 Å². The van der Waals surface area contributed by atoms with E-state index in [4.69, 9.17) is 41.2 Å². The molecule has 1 aromatic carbocycles. The lowest BCUT2D eigenvalue weighted by Crippen LogP contribution is -2.00. The number of anilines is 1. The zero-order valence-electron chi connectivity index (χ0n) is 7.87. The molecule has 0 aliphatic rings. The van der Waals surface area contributed by atoms with Gasteiger partial charge in [-0.2, -0.15) is 10.1 Å². The van der Waals surface area contributed by atoms with E-state index in [1.54, 1.807) is 18.2 Å². The monoisotopic (exact) mass is 272 g/mol. The van der Waals surface area contributed by atoms with Gasteiger partial charge in [0.2, 0.25) is 4.77 Å². The number of aromatic amines is 1. The normalized spacial score (nSPS) is 10.4. The molecule has 0 bridgehead atoms. The Balaban J connectivity index is 2.68. The van der Waals surface area contributed by atoms with Crippen LogP contribution in [0, 0.1) is 4.77 Å². The van der Waals surface area contributed by atoms with Gasteiger partial charge in [-0.15, -0.1) is 0 Å². The van der Waals surface area contributed by atoms with E-state index >= 15 is 0 Å². The molecule has 1 heterocycles. The predicted molar refractivity (Wildman–Crippen MR) is 67.1 cm³/mol. The maximum atomic E-state index is 6.04. The highest BCUT2D eigenvalue weighted by atomic mass is 35.5. The fraction of sp³-hybridized carbons (Fsp3) is 0. The first-order valence-electron chi connectivity index (χ1n) is 4.26. The number of hydrogen-bond donors (Lipinski definition) is 2. The molecule has 3 N–H and O–H groups in total. The summed E-state index contributed by atoms with van der Waals surface area (Å²) in [7, 11) is 0. The molecule has 0 atom stereocenters. The first-order chi connectivity index (χ1) is 7.59. The first kappa shape index (κ1) is 11.3. The Morgan fingerprint density at radius 2 is 2.06 bits per heavy atom. The number of benzene rings is 1. The molecule has 2 rings (SSSR count). The zero-order chi connectivity index (χ0) is 11.7. The van der Waals surface area contributed by atoms with E-state index < -0.39 is 0 Å². The predicted octanol–water partition coefficient (Wildman–Crippen LogP) is 3.09. The van der Waals surface area contributed by atoms with Crippen molar-refractivity contribution < 1.29 is 0 Å². The van der Waals surface area contributed by atoms with Crippen LogP contribution < -0.4 is 5.73 Å². The number of rotatable bonds is 1. The van der Waals surface area contributed by atoms with Gasteiger partial charge in [-0.05, 0) is 18.3 Å². The summed E-state index contributed by atoms with van der Waals surface area (Å²) in [6, 6.07) is 5.19. The number of nitrogens with zero attached hydrogens (tertiary/aromatic N) is 2. The van der Waals surface area contributed by atoms with Crippen molar-refractivity contribution in [1.29, 1.82) is 0 Å². The van der Waals surface area contributed by atoms with Crippen LogP contribution in [0.5, 0.6) is 0 Å². The third-order valence-electron chi connectivity index (χ3n) is 1.93. The highest BCUT2D eigenvalue weighted by molar-refractivity contribution is 7.71. The molecule has 0 saturated heterocycles. The molecular formula is C9H6Cl2N4S. The van der Waals surface area contributed by atoms with Crippen LogP contribution in [-0.4, -0.2) is 15.2 Å². The molecule has 0 aliphatic heterocycles. The summed E-state index contributed by atoms with van der Waals surface area (Å²) in [5.74, 6) is 0.216. The van der Waals surface area contributed by atoms with E-state index in [0.717, 1.165) is 0 Å². The maximum absolute atomic E-state index is 6.04. The minimum atomic E-state index is 0.216. The molecule has 0 spiro atoms.